The zero-order valence-corrected chi connectivity index (χ0v) is 15.6. The average Bonchev–Trinajstić information content (AvgIpc) is 2.67. The Bertz CT molecular complexity index is 715. The fourth-order valence-electron chi connectivity index (χ4n) is 2.45. The number of phenolic OH excluding ortho intramolecular Hbond substituents is 1. The number of methoxy groups -OCH3 is 2. The normalized spacial score (nSPS) is 11.1. The maximum atomic E-state index is 9.65. The van der Waals surface area contributed by atoms with Gasteiger partial charge in [0.2, 0.25) is 0 Å². The molecule has 0 spiro atoms. The monoisotopic (exact) mass is 357 g/mol. The highest BCUT2D eigenvalue weighted by Gasteiger charge is 2.03. The van der Waals surface area contributed by atoms with Crippen LogP contribution < -0.4 is 20.1 Å². The summed E-state index contributed by atoms with van der Waals surface area (Å²) in [6, 6.07) is 13.3. The molecule has 2 rings (SSSR count). The topological polar surface area (TPSA) is 75.1 Å². The molecule has 0 atom stereocenters. The van der Waals surface area contributed by atoms with Crippen LogP contribution in [-0.2, 0) is 13.0 Å². The smallest absolute Gasteiger partial charge is 0.191 e. The Kier molecular flexibility index (Phi) is 7.61. The number of ether oxygens (including phenoxy) is 2. The van der Waals surface area contributed by atoms with Crippen molar-refractivity contribution in [1.82, 2.24) is 10.6 Å². The van der Waals surface area contributed by atoms with Crippen molar-refractivity contribution in [2.45, 2.75) is 19.9 Å². The quantitative estimate of drug-likeness (QED) is 0.500. The van der Waals surface area contributed by atoms with Gasteiger partial charge in [0, 0.05) is 13.1 Å². The van der Waals surface area contributed by atoms with Crippen LogP contribution >= 0.6 is 0 Å². The first kappa shape index (κ1) is 19.4. The summed E-state index contributed by atoms with van der Waals surface area (Å²) in [5.74, 6) is 2.25. The molecule has 0 unspecified atom stereocenters. The Hall–Kier alpha value is -2.89. The van der Waals surface area contributed by atoms with Crippen molar-refractivity contribution in [3.8, 4) is 17.2 Å². The number of rotatable bonds is 8. The van der Waals surface area contributed by atoms with Gasteiger partial charge in [-0.3, -0.25) is 0 Å². The van der Waals surface area contributed by atoms with E-state index in [2.05, 4.69) is 15.6 Å². The Morgan fingerprint density at radius 2 is 1.73 bits per heavy atom. The van der Waals surface area contributed by atoms with Crippen molar-refractivity contribution in [3.63, 3.8) is 0 Å². The number of hydrogen-bond acceptors (Lipinski definition) is 4. The first-order valence-electron chi connectivity index (χ1n) is 8.67. The standard InChI is InChI=1S/C20H27N3O3/c1-4-21-20(23-14-16-5-8-17(25-2)9-6-16)22-12-11-15-7-10-18(24)19(13-15)26-3/h5-10,13,24H,4,11-12,14H2,1-3H3,(H2,21,22,23). The van der Waals surface area contributed by atoms with Gasteiger partial charge in [-0.05, 0) is 48.7 Å². The van der Waals surface area contributed by atoms with Gasteiger partial charge in [0.25, 0.3) is 0 Å². The summed E-state index contributed by atoms with van der Waals surface area (Å²) in [6.07, 6.45) is 0.795. The van der Waals surface area contributed by atoms with Crippen LogP contribution in [0.3, 0.4) is 0 Å². The molecule has 0 radical (unpaired) electrons. The van der Waals surface area contributed by atoms with E-state index in [1.54, 1.807) is 20.3 Å². The van der Waals surface area contributed by atoms with Crippen molar-refractivity contribution in [2.75, 3.05) is 27.3 Å². The molecule has 0 bridgehead atoms. The number of nitrogens with one attached hydrogen (secondary N) is 2. The number of phenols is 1. The van der Waals surface area contributed by atoms with Crippen molar-refractivity contribution >= 4 is 5.96 Å². The van der Waals surface area contributed by atoms with E-state index in [4.69, 9.17) is 9.47 Å². The van der Waals surface area contributed by atoms with E-state index in [9.17, 15) is 5.11 Å². The molecule has 140 valence electrons. The first-order valence-corrected chi connectivity index (χ1v) is 8.67. The van der Waals surface area contributed by atoms with E-state index in [0.29, 0.717) is 12.3 Å². The molecular weight excluding hydrogens is 330 g/mol. The summed E-state index contributed by atoms with van der Waals surface area (Å²) in [5, 5.41) is 16.2. The summed E-state index contributed by atoms with van der Waals surface area (Å²) in [5.41, 5.74) is 2.20. The number of aromatic hydroxyl groups is 1. The van der Waals surface area contributed by atoms with Crippen LogP contribution in [0.1, 0.15) is 18.1 Å². The van der Waals surface area contributed by atoms with E-state index >= 15 is 0 Å². The SMILES string of the molecule is CCNC(=NCc1ccc(OC)cc1)NCCc1ccc(O)c(OC)c1. The van der Waals surface area contributed by atoms with E-state index < -0.39 is 0 Å². The van der Waals surface area contributed by atoms with Crippen LogP contribution in [0.5, 0.6) is 17.2 Å². The molecule has 0 saturated heterocycles. The van der Waals surface area contributed by atoms with Crippen LogP contribution in [0.2, 0.25) is 0 Å². The van der Waals surface area contributed by atoms with Crippen LogP contribution in [-0.4, -0.2) is 38.4 Å². The van der Waals surface area contributed by atoms with E-state index in [1.165, 1.54) is 0 Å². The molecular formula is C20H27N3O3. The summed E-state index contributed by atoms with van der Waals surface area (Å²) < 4.78 is 10.3. The van der Waals surface area contributed by atoms with Gasteiger partial charge >= 0.3 is 0 Å². The highest BCUT2D eigenvalue weighted by Crippen LogP contribution is 2.26. The van der Waals surface area contributed by atoms with Crippen molar-refractivity contribution < 1.29 is 14.6 Å². The maximum absolute atomic E-state index is 9.65. The molecule has 0 fully saturated rings. The largest absolute Gasteiger partial charge is 0.504 e. The van der Waals surface area contributed by atoms with Gasteiger partial charge in [-0.15, -0.1) is 0 Å². The Morgan fingerprint density at radius 1 is 1.00 bits per heavy atom. The predicted octanol–water partition coefficient (Wildman–Crippen LogP) is 2.71. The molecule has 26 heavy (non-hydrogen) atoms. The van der Waals surface area contributed by atoms with E-state index in [1.807, 2.05) is 43.3 Å². The lowest BCUT2D eigenvalue weighted by atomic mass is 10.1. The van der Waals surface area contributed by atoms with E-state index in [-0.39, 0.29) is 5.75 Å². The van der Waals surface area contributed by atoms with Gasteiger partial charge in [0.15, 0.2) is 17.5 Å². The Balaban J connectivity index is 1.90. The van der Waals surface area contributed by atoms with Crippen LogP contribution in [0, 0.1) is 0 Å². The minimum absolute atomic E-state index is 0.151. The lowest BCUT2D eigenvalue weighted by Crippen LogP contribution is -2.38. The molecule has 3 N–H and O–H groups in total. The molecule has 0 amide bonds. The molecule has 0 aliphatic heterocycles. The highest BCUT2D eigenvalue weighted by molar-refractivity contribution is 5.79. The van der Waals surface area contributed by atoms with Crippen molar-refractivity contribution in [2.24, 2.45) is 4.99 Å². The molecule has 2 aromatic rings. The predicted molar refractivity (Wildman–Crippen MR) is 104 cm³/mol. The van der Waals surface area contributed by atoms with Gasteiger partial charge in [-0.2, -0.15) is 0 Å². The summed E-state index contributed by atoms with van der Waals surface area (Å²) in [7, 11) is 3.20. The van der Waals surface area contributed by atoms with E-state index in [0.717, 1.165) is 42.3 Å². The second-order valence-corrected chi connectivity index (χ2v) is 5.73. The lowest BCUT2D eigenvalue weighted by molar-refractivity contribution is 0.373. The third-order valence-electron chi connectivity index (χ3n) is 3.87. The first-order chi connectivity index (χ1) is 12.7. The minimum atomic E-state index is 0.151. The van der Waals surface area contributed by atoms with Crippen molar-refractivity contribution in [1.29, 1.82) is 0 Å². The zero-order chi connectivity index (χ0) is 18.8. The highest BCUT2D eigenvalue weighted by atomic mass is 16.5. The molecule has 0 saturated carbocycles. The van der Waals surface area contributed by atoms with Gasteiger partial charge in [0.1, 0.15) is 5.75 Å². The molecule has 2 aromatic carbocycles. The Labute approximate surface area is 154 Å². The van der Waals surface area contributed by atoms with Crippen LogP contribution in [0.4, 0.5) is 0 Å². The minimum Gasteiger partial charge on any atom is -0.504 e. The third-order valence-corrected chi connectivity index (χ3v) is 3.87. The van der Waals surface area contributed by atoms with Gasteiger partial charge in [-0.1, -0.05) is 18.2 Å². The number of nitrogens with zero attached hydrogens (tertiary/aromatic N) is 1. The Morgan fingerprint density at radius 3 is 2.38 bits per heavy atom. The number of aliphatic imine (C=N–C) groups is 1. The molecule has 6 nitrogen and oxygen atoms in total. The summed E-state index contributed by atoms with van der Waals surface area (Å²) in [4.78, 5) is 4.61. The third kappa shape index (κ3) is 5.88. The molecule has 0 heterocycles. The fourth-order valence-corrected chi connectivity index (χ4v) is 2.45. The van der Waals surface area contributed by atoms with Crippen molar-refractivity contribution in [3.05, 3.63) is 53.6 Å². The van der Waals surface area contributed by atoms with Gasteiger partial charge in [0.05, 0.1) is 20.8 Å². The fraction of sp³-hybridized carbons (Fsp3) is 0.350. The van der Waals surface area contributed by atoms with Crippen LogP contribution in [0.15, 0.2) is 47.5 Å². The zero-order valence-electron chi connectivity index (χ0n) is 15.6. The number of benzene rings is 2. The summed E-state index contributed by atoms with van der Waals surface area (Å²) >= 11 is 0. The van der Waals surface area contributed by atoms with Crippen LogP contribution in [0.25, 0.3) is 0 Å². The number of guanidine groups is 1. The molecule has 0 aliphatic rings. The second kappa shape index (κ2) is 10.2. The molecule has 0 aliphatic carbocycles. The maximum Gasteiger partial charge on any atom is 0.191 e. The van der Waals surface area contributed by atoms with Gasteiger partial charge in [-0.25, -0.2) is 4.99 Å². The molecule has 6 heteroatoms. The summed E-state index contributed by atoms with van der Waals surface area (Å²) in [6.45, 7) is 4.14. The average molecular weight is 357 g/mol. The van der Waals surface area contributed by atoms with Gasteiger partial charge < -0.3 is 25.2 Å². The molecule has 0 aromatic heterocycles. The number of hydrogen-bond donors (Lipinski definition) is 3. The lowest BCUT2D eigenvalue weighted by Gasteiger charge is -2.12. The second-order valence-electron chi connectivity index (χ2n) is 5.73.